The molecule has 9 heteroatoms. The van der Waals surface area contributed by atoms with Crippen molar-refractivity contribution in [2.45, 2.75) is 26.4 Å². The Balaban J connectivity index is 1.43. The minimum Gasteiger partial charge on any atom is -0.353 e. The van der Waals surface area contributed by atoms with Crippen LogP contribution in [0.1, 0.15) is 27.9 Å². The lowest BCUT2D eigenvalue weighted by atomic mass is 10.0. The third-order valence-electron chi connectivity index (χ3n) is 5.86. The van der Waals surface area contributed by atoms with Gasteiger partial charge in [-0.2, -0.15) is 18.3 Å². The quantitative estimate of drug-likeness (QED) is 0.551. The molecule has 4 rings (SSSR count). The fraction of sp³-hybridized carbons (Fsp3) is 0.348. The van der Waals surface area contributed by atoms with Gasteiger partial charge in [-0.15, -0.1) is 5.10 Å². The SMILES string of the molecule is Cc1c(Cc2ccc(F)cc2)nnc(N2CCN(c3ccc(C(F)(F)F)cn3)CC2)c1C. The standard InChI is InChI=1S/C23H23F4N5/c1-15-16(2)22(30-29-20(15)13-17-3-6-19(24)7-4-17)32-11-9-31(10-12-32)21-8-5-18(14-28-21)23(25,26)27/h3-8,14H,9-13H2,1-2H3. The van der Waals surface area contributed by atoms with Crippen LogP contribution in [-0.2, 0) is 12.6 Å². The van der Waals surface area contributed by atoms with E-state index in [2.05, 4.69) is 20.1 Å². The lowest BCUT2D eigenvalue weighted by Crippen LogP contribution is -2.47. The summed E-state index contributed by atoms with van der Waals surface area (Å²) in [4.78, 5) is 8.10. The van der Waals surface area contributed by atoms with E-state index in [4.69, 9.17) is 0 Å². The van der Waals surface area contributed by atoms with Gasteiger partial charge in [-0.1, -0.05) is 12.1 Å². The van der Waals surface area contributed by atoms with Crippen LogP contribution in [0.15, 0.2) is 42.6 Å². The zero-order valence-corrected chi connectivity index (χ0v) is 17.8. The third-order valence-corrected chi connectivity index (χ3v) is 5.86. The number of hydrogen-bond acceptors (Lipinski definition) is 5. The molecule has 0 bridgehead atoms. The number of rotatable bonds is 4. The molecular weight excluding hydrogens is 422 g/mol. The van der Waals surface area contributed by atoms with E-state index in [1.165, 1.54) is 18.2 Å². The van der Waals surface area contributed by atoms with E-state index >= 15 is 0 Å². The van der Waals surface area contributed by atoms with Crippen molar-refractivity contribution in [1.82, 2.24) is 15.2 Å². The van der Waals surface area contributed by atoms with Crippen molar-refractivity contribution in [1.29, 1.82) is 0 Å². The second-order valence-electron chi connectivity index (χ2n) is 7.90. The van der Waals surface area contributed by atoms with Gasteiger partial charge in [-0.25, -0.2) is 9.37 Å². The maximum Gasteiger partial charge on any atom is 0.417 e. The molecule has 168 valence electrons. The lowest BCUT2D eigenvalue weighted by Gasteiger charge is -2.36. The zero-order chi connectivity index (χ0) is 22.9. The van der Waals surface area contributed by atoms with Crippen molar-refractivity contribution in [2.75, 3.05) is 36.0 Å². The molecule has 1 aliphatic heterocycles. The first-order valence-electron chi connectivity index (χ1n) is 10.3. The number of hydrogen-bond donors (Lipinski definition) is 0. The van der Waals surface area contributed by atoms with E-state index in [0.29, 0.717) is 38.4 Å². The average molecular weight is 445 g/mol. The van der Waals surface area contributed by atoms with Gasteiger partial charge < -0.3 is 9.80 Å². The Bertz CT molecular complexity index is 1070. The topological polar surface area (TPSA) is 45.2 Å². The number of nitrogens with zero attached hydrogens (tertiary/aromatic N) is 5. The Labute approximate surface area is 183 Å². The average Bonchev–Trinajstić information content (AvgIpc) is 2.78. The molecule has 0 radical (unpaired) electrons. The molecule has 0 saturated carbocycles. The maximum absolute atomic E-state index is 13.1. The van der Waals surface area contributed by atoms with Crippen LogP contribution < -0.4 is 9.80 Å². The summed E-state index contributed by atoms with van der Waals surface area (Å²) in [6, 6.07) is 8.84. The summed E-state index contributed by atoms with van der Waals surface area (Å²) in [5.74, 6) is 1.07. The van der Waals surface area contributed by atoms with Gasteiger partial charge in [0.1, 0.15) is 11.6 Å². The van der Waals surface area contributed by atoms with E-state index in [9.17, 15) is 17.6 Å². The molecule has 1 saturated heterocycles. The number of piperazine rings is 1. The molecule has 32 heavy (non-hydrogen) atoms. The molecule has 1 aromatic carbocycles. The van der Waals surface area contributed by atoms with Gasteiger partial charge in [-0.3, -0.25) is 0 Å². The maximum atomic E-state index is 13.1. The smallest absolute Gasteiger partial charge is 0.353 e. The second-order valence-corrected chi connectivity index (χ2v) is 7.90. The number of halogens is 4. The molecule has 5 nitrogen and oxygen atoms in total. The third kappa shape index (κ3) is 4.66. The Morgan fingerprint density at radius 1 is 0.844 bits per heavy atom. The van der Waals surface area contributed by atoms with E-state index < -0.39 is 11.7 Å². The van der Waals surface area contributed by atoms with Gasteiger partial charge in [-0.05, 0) is 54.8 Å². The van der Waals surface area contributed by atoms with Gasteiger partial charge in [0, 0.05) is 38.8 Å². The molecule has 1 fully saturated rings. The first-order valence-corrected chi connectivity index (χ1v) is 10.3. The van der Waals surface area contributed by atoms with Crippen LogP contribution in [0.4, 0.5) is 29.2 Å². The highest BCUT2D eigenvalue weighted by molar-refractivity contribution is 5.52. The zero-order valence-electron chi connectivity index (χ0n) is 17.8. The summed E-state index contributed by atoms with van der Waals surface area (Å²) < 4.78 is 51.4. The van der Waals surface area contributed by atoms with Crippen molar-refractivity contribution in [3.63, 3.8) is 0 Å². The fourth-order valence-electron chi connectivity index (χ4n) is 3.79. The molecule has 0 N–H and O–H groups in total. The Kier molecular flexibility index (Phi) is 5.99. The first-order chi connectivity index (χ1) is 15.2. The van der Waals surface area contributed by atoms with Gasteiger partial charge in [0.25, 0.3) is 0 Å². The molecular formula is C23H23F4N5. The number of pyridine rings is 1. The highest BCUT2D eigenvalue weighted by atomic mass is 19.4. The normalized spacial score (nSPS) is 14.7. The van der Waals surface area contributed by atoms with Crippen LogP contribution >= 0.6 is 0 Å². The minimum absolute atomic E-state index is 0.270. The Morgan fingerprint density at radius 2 is 1.50 bits per heavy atom. The predicted molar refractivity (Wildman–Crippen MR) is 114 cm³/mol. The van der Waals surface area contributed by atoms with Crippen molar-refractivity contribution in [2.24, 2.45) is 0 Å². The molecule has 2 aromatic heterocycles. The van der Waals surface area contributed by atoms with Gasteiger partial charge in [0.15, 0.2) is 5.82 Å². The molecule has 3 aromatic rings. The molecule has 3 heterocycles. The van der Waals surface area contributed by atoms with E-state index in [1.807, 2.05) is 18.7 Å². The molecule has 0 aliphatic carbocycles. The Morgan fingerprint density at radius 3 is 2.09 bits per heavy atom. The summed E-state index contributed by atoms with van der Waals surface area (Å²) in [5, 5.41) is 8.88. The van der Waals surface area contributed by atoms with Gasteiger partial charge in [0.05, 0.1) is 11.3 Å². The van der Waals surface area contributed by atoms with Gasteiger partial charge >= 0.3 is 6.18 Å². The van der Waals surface area contributed by atoms with E-state index in [0.717, 1.165) is 40.5 Å². The highest BCUT2D eigenvalue weighted by Crippen LogP contribution is 2.30. The van der Waals surface area contributed by atoms with Crippen LogP contribution in [0, 0.1) is 19.7 Å². The van der Waals surface area contributed by atoms with Crippen LogP contribution in [0.3, 0.4) is 0 Å². The van der Waals surface area contributed by atoms with Crippen molar-refractivity contribution in [3.8, 4) is 0 Å². The van der Waals surface area contributed by atoms with Crippen LogP contribution in [0.25, 0.3) is 0 Å². The number of alkyl halides is 3. The molecule has 0 spiro atoms. The van der Waals surface area contributed by atoms with Crippen molar-refractivity contribution >= 4 is 11.6 Å². The predicted octanol–water partition coefficient (Wildman–Crippen LogP) is 4.56. The minimum atomic E-state index is -4.39. The van der Waals surface area contributed by atoms with Crippen LogP contribution in [0.2, 0.25) is 0 Å². The molecule has 0 amide bonds. The summed E-state index contributed by atoms with van der Waals surface area (Å²) in [5.41, 5.74) is 3.16. The highest BCUT2D eigenvalue weighted by Gasteiger charge is 2.31. The van der Waals surface area contributed by atoms with Crippen LogP contribution in [-0.4, -0.2) is 41.4 Å². The summed E-state index contributed by atoms with van der Waals surface area (Å²) >= 11 is 0. The van der Waals surface area contributed by atoms with Crippen molar-refractivity contribution < 1.29 is 17.6 Å². The van der Waals surface area contributed by atoms with Gasteiger partial charge in [0.2, 0.25) is 0 Å². The number of anilines is 2. The monoisotopic (exact) mass is 445 g/mol. The number of aromatic nitrogens is 3. The lowest BCUT2D eigenvalue weighted by molar-refractivity contribution is -0.137. The second kappa shape index (κ2) is 8.72. The largest absolute Gasteiger partial charge is 0.417 e. The van der Waals surface area contributed by atoms with Crippen molar-refractivity contribution in [3.05, 3.63) is 76.4 Å². The fourth-order valence-corrected chi connectivity index (χ4v) is 3.79. The Hall–Kier alpha value is -3.23. The van der Waals surface area contributed by atoms with E-state index in [1.54, 1.807) is 12.1 Å². The summed E-state index contributed by atoms with van der Waals surface area (Å²) in [7, 11) is 0. The molecule has 0 atom stereocenters. The first kappa shape index (κ1) is 22.0. The van der Waals surface area contributed by atoms with E-state index in [-0.39, 0.29) is 5.82 Å². The molecule has 1 aliphatic rings. The van der Waals surface area contributed by atoms with Crippen LogP contribution in [0.5, 0.6) is 0 Å². The number of benzene rings is 1. The summed E-state index contributed by atoms with van der Waals surface area (Å²) in [6.07, 6.45) is -2.94. The summed E-state index contributed by atoms with van der Waals surface area (Å²) in [6.45, 7) is 6.59. The molecule has 0 unspecified atom stereocenters.